The first-order valence-electron chi connectivity index (χ1n) is 18.0. The van der Waals surface area contributed by atoms with E-state index in [1.165, 1.54) is 0 Å². The fraction of sp³-hybridized carbons (Fsp3) is 0.938. The van der Waals surface area contributed by atoms with E-state index in [-0.39, 0.29) is 0 Å². The Morgan fingerprint density at radius 3 is 0.696 bits per heavy atom. The summed E-state index contributed by atoms with van der Waals surface area (Å²) < 4.78 is 24.5. The molecule has 0 unspecified atom stereocenters. The SMILES string of the molecule is C[Si]1(C#C[Si]2(C)OOC3(CCCCCC3)OOC3(CCCCCC3)OO2)OOC2(CCCCCC2)OOC2(CCCCCC2)OO1. The predicted octanol–water partition coefficient (Wildman–Crippen LogP) is 8.13. The van der Waals surface area contributed by atoms with E-state index in [0.717, 1.165) is 103 Å². The lowest BCUT2D eigenvalue weighted by Gasteiger charge is -2.33. The zero-order valence-corrected chi connectivity index (χ0v) is 29.9. The summed E-state index contributed by atoms with van der Waals surface area (Å²) in [6.45, 7) is 3.56. The van der Waals surface area contributed by atoms with Gasteiger partial charge in [-0.2, -0.15) is 19.6 Å². The van der Waals surface area contributed by atoms with Gasteiger partial charge in [0.1, 0.15) is 0 Å². The maximum absolute atomic E-state index is 6.14. The number of rotatable bonds is 0. The van der Waals surface area contributed by atoms with Crippen molar-refractivity contribution in [1.29, 1.82) is 0 Å². The Labute approximate surface area is 275 Å². The lowest BCUT2D eigenvalue weighted by molar-refractivity contribution is -0.551. The summed E-state index contributed by atoms with van der Waals surface area (Å²) in [5.74, 6) is -4.30. The summed E-state index contributed by atoms with van der Waals surface area (Å²) in [6.07, 6.45) is 21.2. The molecule has 2 aliphatic heterocycles. The first-order valence-corrected chi connectivity index (χ1v) is 22.7. The second-order valence-corrected chi connectivity index (χ2v) is 19.4. The van der Waals surface area contributed by atoms with Crippen LogP contribution in [0.25, 0.3) is 0 Å². The molecule has 0 bridgehead atoms. The van der Waals surface area contributed by atoms with Crippen molar-refractivity contribution in [2.45, 2.75) is 190 Å². The molecule has 4 aliphatic carbocycles. The van der Waals surface area contributed by atoms with Crippen LogP contribution >= 0.6 is 0 Å². The summed E-state index contributed by atoms with van der Waals surface area (Å²) in [6, 6.07) is 0. The molecule has 0 aromatic carbocycles. The third-order valence-corrected chi connectivity index (χ3v) is 13.1. The van der Waals surface area contributed by atoms with E-state index in [2.05, 4.69) is 11.1 Å². The summed E-state index contributed by atoms with van der Waals surface area (Å²) in [5, 5.41) is 0. The highest BCUT2D eigenvalue weighted by Gasteiger charge is 2.52. The van der Waals surface area contributed by atoms with Gasteiger partial charge in [0.25, 0.3) is 0 Å². The standard InChI is InChI=1S/C32H54O12Si2/c1-45(41-37-29(19-11-3-4-12-20-29)33-34-30(38-42-45)21-13-5-6-14-22-30)27-28-46(2)43-39-31(23-15-7-8-16-24-31)35-36-32(40-44-46)25-17-9-10-18-26-32/h3-26H2,1-2H3. The van der Waals surface area contributed by atoms with Gasteiger partial charge >= 0.3 is 17.1 Å². The first kappa shape index (κ1) is 35.3. The predicted molar refractivity (Wildman–Crippen MR) is 166 cm³/mol. The van der Waals surface area contributed by atoms with E-state index in [0.29, 0.717) is 51.4 Å². The van der Waals surface area contributed by atoms with E-state index in [9.17, 15) is 0 Å². The molecule has 6 aliphatic rings. The summed E-state index contributed by atoms with van der Waals surface area (Å²) in [4.78, 5) is 49.1. The lowest BCUT2D eigenvalue weighted by Crippen LogP contribution is -2.46. The van der Waals surface area contributed by atoms with Crippen LogP contribution in [-0.2, 0) is 57.4 Å². The Hall–Kier alpha value is -0.486. The molecule has 2 saturated heterocycles. The van der Waals surface area contributed by atoms with Crippen molar-refractivity contribution in [3.8, 4) is 11.1 Å². The fourth-order valence-electron chi connectivity index (χ4n) is 7.05. The second-order valence-electron chi connectivity index (χ2n) is 14.4. The summed E-state index contributed by atoms with van der Waals surface area (Å²) in [5.41, 5.74) is 6.42. The molecule has 0 radical (unpaired) electrons. The molecule has 46 heavy (non-hydrogen) atoms. The van der Waals surface area contributed by atoms with Gasteiger partial charge < -0.3 is 0 Å². The smallest absolute Gasteiger partial charge is 0.231 e. The van der Waals surface area contributed by atoms with Gasteiger partial charge in [-0.3, -0.25) is 0 Å². The highest BCUT2D eigenvalue weighted by atomic mass is 28.4. The first-order chi connectivity index (χ1) is 22.3. The quantitative estimate of drug-likeness (QED) is 0.139. The molecular weight excluding hydrogens is 633 g/mol. The molecule has 2 heterocycles. The summed E-state index contributed by atoms with van der Waals surface area (Å²) >= 11 is 0. The molecule has 6 fully saturated rings. The Morgan fingerprint density at radius 1 is 0.304 bits per heavy atom. The lowest BCUT2D eigenvalue weighted by atomic mass is 10.1. The Balaban J connectivity index is 1.28. The van der Waals surface area contributed by atoms with Crippen LogP contribution in [0.3, 0.4) is 0 Å². The van der Waals surface area contributed by atoms with Gasteiger partial charge in [-0.15, -0.1) is 0 Å². The maximum Gasteiger partial charge on any atom is 0.483 e. The molecule has 6 rings (SSSR count). The van der Waals surface area contributed by atoms with Crippen LogP contribution in [0.5, 0.6) is 0 Å². The fourth-order valence-corrected chi connectivity index (χ4v) is 10.3. The van der Waals surface area contributed by atoms with Crippen molar-refractivity contribution >= 4 is 17.1 Å². The van der Waals surface area contributed by atoms with Crippen LogP contribution in [0.4, 0.5) is 0 Å². The zero-order chi connectivity index (χ0) is 31.9. The van der Waals surface area contributed by atoms with Gasteiger partial charge in [0.05, 0.1) is 0 Å². The largest absolute Gasteiger partial charge is 0.483 e. The third-order valence-electron chi connectivity index (χ3n) is 10.1. The van der Waals surface area contributed by atoms with Crippen molar-refractivity contribution in [2.75, 3.05) is 0 Å². The minimum absolute atomic E-state index is 0.630. The van der Waals surface area contributed by atoms with Gasteiger partial charge in [0.15, 0.2) is 0 Å². The molecule has 4 spiro atoms. The van der Waals surface area contributed by atoms with Crippen LogP contribution in [0, 0.1) is 11.1 Å². The average molecular weight is 687 g/mol. The molecule has 14 heteroatoms. The van der Waals surface area contributed by atoms with Crippen LogP contribution < -0.4 is 0 Å². The van der Waals surface area contributed by atoms with E-state index < -0.39 is 40.3 Å². The normalized spacial score (nSPS) is 35.8. The van der Waals surface area contributed by atoms with Gasteiger partial charge in [0.2, 0.25) is 23.1 Å². The van der Waals surface area contributed by atoms with Gasteiger partial charge in [-0.25, -0.2) is 37.9 Å². The van der Waals surface area contributed by atoms with Crippen LogP contribution in [0.15, 0.2) is 0 Å². The van der Waals surface area contributed by atoms with Crippen molar-refractivity contribution in [3.63, 3.8) is 0 Å². The van der Waals surface area contributed by atoms with E-state index >= 15 is 0 Å². The number of hydrogen-bond acceptors (Lipinski definition) is 12. The average Bonchev–Trinajstić information content (AvgIpc) is 3.62. The zero-order valence-electron chi connectivity index (χ0n) is 27.9. The second kappa shape index (κ2) is 15.6. The molecule has 0 N–H and O–H groups in total. The molecule has 262 valence electrons. The molecule has 0 aromatic rings. The van der Waals surface area contributed by atoms with Crippen molar-refractivity contribution in [1.82, 2.24) is 0 Å². The molecular formula is C32H54O12Si2. The third kappa shape index (κ3) is 9.19. The van der Waals surface area contributed by atoms with Crippen molar-refractivity contribution in [2.24, 2.45) is 0 Å². The summed E-state index contributed by atoms with van der Waals surface area (Å²) in [7, 11) is -7.11. The van der Waals surface area contributed by atoms with Crippen LogP contribution in [-0.4, -0.2) is 40.3 Å². The van der Waals surface area contributed by atoms with Crippen molar-refractivity contribution < 1.29 is 57.4 Å². The Morgan fingerprint density at radius 2 is 0.500 bits per heavy atom. The molecule has 0 amide bonds. The van der Waals surface area contributed by atoms with Crippen molar-refractivity contribution in [3.05, 3.63) is 0 Å². The van der Waals surface area contributed by atoms with Gasteiger partial charge in [-0.05, 0) is 64.5 Å². The maximum atomic E-state index is 6.14. The molecule has 4 saturated carbocycles. The highest BCUT2D eigenvalue weighted by Crippen LogP contribution is 2.42. The highest BCUT2D eigenvalue weighted by molar-refractivity contribution is 6.79. The van der Waals surface area contributed by atoms with E-state index in [1.807, 2.05) is 0 Å². The minimum Gasteiger partial charge on any atom is -0.231 e. The molecule has 12 nitrogen and oxygen atoms in total. The Bertz CT molecular complexity index is 876. The molecule has 0 atom stereocenters. The van der Waals surface area contributed by atoms with Gasteiger partial charge in [-0.1, -0.05) is 62.5 Å². The van der Waals surface area contributed by atoms with Crippen LogP contribution in [0.1, 0.15) is 154 Å². The van der Waals surface area contributed by atoms with Crippen LogP contribution in [0.2, 0.25) is 13.1 Å². The van der Waals surface area contributed by atoms with E-state index in [1.54, 1.807) is 13.1 Å². The molecule has 0 aromatic heterocycles. The Kier molecular flexibility index (Phi) is 12.0. The number of hydrogen-bond donors (Lipinski definition) is 0. The monoisotopic (exact) mass is 686 g/mol. The van der Waals surface area contributed by atoms with Gasteiger partial charge in [0, 0.05) is 51.4 Å². The minimum atomic E-state index is -3.55. The van der Waals surface area contributed by atoms with E-state index in [4.69, 9.17) is 57.4 Å². The topological polar surface area (TPSA) is 111 Å².